The average Bonchev–Trinajstić information content (AvgIpc) is 3.34. The summed E-state index contributed by atoms with van der Waals surface area (Å²) in [5.41, 5.74) is 4.78. The van der Waals surface area contributed by atoms with Crippen LogP contribution in [0.3, 0.4) is 0 Å². The molecule has 2 aromatic rings. The molecule has 7 nitrogen and oxygen atoms in total. The number of carbonyl (C=O) groups excluding carboxylic acids is 2. The molecule has 0 saturated heterocycles. The zero-order chi connectivity index (χ0) is 23.7. The number of nitrogens with one attached hydrogen (secondary N) is 2. The van der Waals surface area contributed by atoms with Crippen molar-refractivity contribution in [3.8, 4) is 11.1 Å². The highest BCUT2D eigenvalue weighted by molar-refractivity contribution is 5.80. The largest absolute Gasteiger partial charge is 0.481 e. The summed E-state index contributed by atoms with van der Waals surface area (Å²) in [7, 11) is 0. The Hall–Kier alpha value is -3.35. The van der Waals surface area contributed by atoms with Crippen LogP contribution in [0.15, 0.2) is 48.5 Å². The lowest BCUT2D eigenvalue weighted by atomic mass is 9.71. The minimum atomic E-state index is -0.852. The summed E-state index contributed by atoms with van der Waals surface area (Å²) >= 11 is 0. The Morgan fingerprint density at radius 2 is 1.62 bits per heavy atom. The highest BCUT2D eigenvalue weighted by Crippen LogP contribution is 2.50. The third-order valence-electron chi connectivity index (χ3n) is 7.71. The van der Waals surface area contributed by atoms with Gasteiger partial charge in [-0.1, -0.05) is 48.5 Å². The van der Waals surface area contributed by atoms with Crippen LogP contribution >= 0.6 is 0 Å². The third kappa shape index (κ3) is 4.39. The molecule has 0 aliphatic heterocycles. The Balaban J connectivity index is 1.10. The lowest BCUT2D eigenvalue weighted by molar-refractivity contribution is -0.137. The summed E-state index contributed by atoms with van der Waals surface area (Å²) in [6.07, 6.45) is 2.56. The number of fused-ring (bicyclic) bond motifs is 4. The van der Waals surface area contributed by atoms with Gasteiger partial charge in [-0.15, -0.1) is 0 Å². The SMILES string of the molecule is O=C(O)CCCNC(=O)C1CC2CC(NC(=O)OCC3c4ccccc4-c4ccccc43)C2C1. The van der Waals surface area contributed by atoms with Crippen molar-refractivity contribution in [1.82, 2.24) is 10.6 Å². The first kappa shape index (κ1) is 22.4. The molecule has 0 bridgehead atoms. The van der Waals surface area contributed by atoms with Crippen molar-refractivity contribution >= 4 is 18.0 Å². The van der Waals surface area contributed by atoms with Gasteiger partial charge in [0.1, 0.15) is 6.61 Å². The third-order valence-corrected chi connectivity index (χ3v) is 7.71. The number of aliphatic carboxylic acids is 1. The van der Waals surface area contributed by atoms with Gasteiger partial charge in [-0.3, -0.25) is 9.59 Å². The Kier molecular flexibility index (Phi) is 6.26. The fourth-order valence-corrected chi connectivity index (χ4v) is 5.99. The van der Waals surface area contributed by atoms with Gasteiger partial charge in [0.05, 0.1) is 0 Å². The summed E-state index contributed by atoms with van der Waals surface area (Å²) in [6.45, 7) is 0.681. The molecule has 7 heteroatoms. The highest BCUT2D eigenvalue weighted by Gasteiger charge is 2.50. The van der Waals surface area contributed by atoms with Gasteiger partial charge >= 0.3 is 12.1 Å². The topological polar surface area (TPSA) is 105 Å². The molecule has 2 saturated carbocycles. The van der Waals surface area contributed by atoms with E-state index in [0.717, 1.165) is 19.3 Å². The monoisotopic (exact) mass is 462 g/mol. The van der Waals surface area contributed by atoms with Gasteiger partial charge < -0.3 is 20.5 Å². The van der Waals surface area contributed by atoms with E-state index in [1.807, 2.05) is 24.3 Å². The number of benzene rings is 2. The van der Waals surface area contributed by atoms with Gasteiger partial charge in [-0.2, -0.15) is 0 Å². The minimum Gasteiger partial charge on any atom is -0.481 e. The first-order valence-electron chi connectivity index (χ1n) is 12.1. The molecule has 3 aliphatic carbocycles. The summed E-state index contributed by atoms with van der Waals surface area (Å²) in [5, 5.41) is 14.6. The van der Waals surface area contributed by atoms with Crippen LogP contribution < -0.4 is 10.6 Å². The number of rotatable bonds is 8. The van der Waals surface area contributed by atoms with E-state index < -0.39 is 12.1 Å². The van der Waals surface area contributed by atoms with E-state index in [2.05, 4.69) is 34.9 Å². The summed E-state index contributed by atoms with van der Waals surface area (Å²) in [4.78, 5) is 35.6. The van der Waals surface area contributed by atoms with Crippen LogP contribution in [0, 0.1) is 17.8 Å². The molecule has 0 spiro atoms. The smallest absolute Gasteiger partial charge is 0.407 e. The number of carbonyl (C=O) groups is 3. The van der Waals surface area contributed by atoms with E-state index in [1.54, 1.807) is 0 Å². The molecular weight excluding hydrogens is 432 g/mol. The van der Waals surface area contributed by atoms with Gasteiger partial charge in [0.15, 0.2) is 0 Å². The Morgan fingerprint density at radius 3 is 2.29 bits per heavy atom. The lowest BCUT2D eigenvalue weighted by Crippen LogP contribution is -2.50. The number of ether oxygens (including phenoxy) is 1. The van der Waals surface area contributed by atoms with E-state index in [-0.39, 0.29) is 30.2 Å². The molecule has 3 aliphatic rings. The standard InChI is InChI=1S/C27H30N2O5/c30-25(31)10-5-11-28-26(32)17-12-16-14-24(22(16)13-17)29-27(33)34-15-23-20-8-3-1-6-18(20)19-7-2-4-9-21(19)23/h1-4,6-9,16-17,22-24H,5,10-15H2,(H,28,32)(H,29,33)(H,30,31). The molecule has 178 valence electrons. The quantitative estimate of drug-likeness (QED) is 0.516. The molecule has 34 heavy (non-hydrogen) atoms. The van der Waals surface area contributed by atoms with Gasteiger partial charge in [0, 0.05) is 30.8 Å². The minimum absolute atomic E-state index is 0.000297. The van der Waals surface area contributed by atoms with Gasteiger partial charge in [-0.25, -0.2) is 4.79 Å². The van der Waals surface area contributed by atoms with Crippen LogP contribution in [0.2, 0.25) is 0 Å². The molecule has 4 atom stereocenters. The summed E-state index contributed by atoms with van der Waals surface area (Å²) in [5.74, 6) is -0.124. The molecule has 0 radical (unpaired) electrons. The number of amides is 2. The van der Waals surface area contributed by atoms with Crippen LogP contribution in [-0.2, 0) is 14.3 Å². The highest BCUT2D eigenvalue weighted by atomic mass is 16.5. The maximum atomic E-state index is 12.6. The molecule has 3 N–H and O–H groups in total. The van der Waals surface area contributed by atoms with Crippen LogP contribution in [0.4, 0.5) is 4.79 Å². The Bertz CT molecular complexity index is 1050. The summed E-state index contributed by atoms with van der Waals surface area (Å²) < 4.78 is 5.68. The first-order chi connectivity index (χ1) is 16.5. The molecule has 2 fully saturated rings. The van der Waals surface area contributed by atoms with E-state index >= 15 is 0 Å². The second-order valence-electron chi connectivity index (χ2n) is 9.69. The van der Waals surface area contributed by atoms with Crippen molar-refractivity contribution < 1.29 is 24.2 Å². The van der Waals surface area contributed by atoms with Crippen LogP contribution in [0.25, 0.3) is 11.1 Å². The van der Waals surface area contributed by atoms with E-state index in [9.17, 15) is 14.4 Å². The van der Waals surface area contributed by atoms with Gasteiger partial charge in [-0.05, 0) is 59.8 Å². The fraction of sp³-hybridized carbons (Fsp3) is 0.444. The molecular formula is C27H30N2O5. The van der Waals surface area contributed by atoms with Crippen molar-refractivity contribution in [1.29, 1.82) is 0 Å². The van der Waals surface area contributed by atoms with Crippen molar-refractivity contribution in [3.05, 3.63) is 59.7 Å². The molecule has 4 unspecified atom stereocenters. The first-order valence-corrected chi connectivity index (χ1v) is 12.1. The molecule has 0 heterocycles. The fourth-order valence-electron chi connectivity index (χ4n) is 5.99. The number of hydrogen-bond donors (Lipinski definition) is 3. The molecule has 5 rings (SSSR count). The number of carboxylic acid groups (broad SMARTS) is 1. The lowest BCUT2D eigenvalue weighted by Gasteiger charge is -2.40. The van der Waals surface area contributed by atoms with Crippen molar-refractivity contribution in [2.45, 2.75) is 44.1 Å². The molecule has 2 aromatic carbocycles. The predicted molar refractivity (Wildman–Crippen MR) is 126 cm³/mol. The second-order valence-corrected chi connectivity index (χ2v) is 9.69. The van der Waals surface area contributed by atoms with Crippen molar-refractivity contribution in [2.75, 3.05) is 13.2 Å². The van der Waals surface area contributed by atoms with Gasteiger partial charge in [0.2, 0.25) is 5.91 Å². The van der Waals surface area contributed by atoms with Crippen LogP contribution in [0.1, 0.15) is 49.1 Å². The Morgan fingerprint density at radius 1 is 0.941 bits per heavy atom. The maximum absolute atomic E-state index is 12.6. The normalized spacial score (nSPS) is 24.4. The van der Waals surface area contributed by atoms with Crippen LogP contribution in [-0.4, -0.2) is 42.3 Å². The van der Waals surface area contributed by atoms with E-state index in [0.29, 0.717) is 31.4 Å². The molecule has 2 amide bonds. The van der Waals surface area contributed by atoms with Crippen molar-refractivity contribution in [2.24, 2.45) is 17.8 Å². The maximum Gasteiger partial charge on any atom is 0.407 e. The predicted octanol–water partition coefficient (Wildman–Crippen LogP) is 3.92. The molecule has 0 aromatic heterocycles. The zero-order valence-electron chi connectivity index (χ0n) is 19.0. The van der Waals surface area contributed by atoms with Gasteiger partial charge in [0.25, 0.3) is 0 Å². The second kappa shape index (κ2) is 9.49. The van der Waals surface area contributed by atoms with Crippen LogP contribution in [0.5, 0.6) is 0 Å². The average molecular weight is 463 g/mol. The van der Waals surface area contributed by atoms with E-state index in [1.165, 1.54) is 22.3 Å². The Labute approximate surface area is 198 Å². The number of carboxylic acids is 1. The zero-order valence-corrected chi connectivity index (χ0v) is 19.0. The number of alkyl carbamates (subject to hydrolysis) is 1. The number of hydrogen-bond acceptors (Lipinski definition) is 4. The van der Waals surface area contributed by atoms with E-state index in [4.69, 9.17) is 9.84 Å². The summed E-state index contributed by atoms with van der Waals surface area (Å²) in [6, 6.07) is 16.6. The van der Waals surface area contributed by atoms with Crippen molar-refractivity contribution in [3.63, 3.8) is 0 Å².